The van der Waals surface area contributed by atoms with Crippen LogP contribution in [0.3, 0.4) is 0 Å². The van der Waals surface area contributed by atoms with Crippen LogP contribution in [0.1, 0.15) is 44.3 Å². The Bertz CT molecular complexity index is 333. The molecule has 1 aliphatic carbocycles. The minimum atomic E-state index is 0.338. The maximum absolute atomic E-state index is 5.59. The van der Waals surface area contributed by atoms with Gasteiger partial charge in [0.15, 0.2) is 5.75 Å². The first-order chi connectivity index (χ1) is 8.29. The summed E-state index contributed by atoms with van der Waals surface area (Å²) in [5.74, 6) is 2.31. The summed E-state index contributed by atoms with van der Waals surface area (Å²) in [6, 6.07) is 0.338. The Morgan fingerprint density at radius 2 is 2.00 bits per heavy atom. The van der Waals surface area contributed by atoms with Crippen molar-refractivity contribution in [2.24, 2.45) is 0 Å². The second-order valence-electron chi connectivity index (χ2n) is 4.76. The maximum Gasteiger partial charge on any atom is 0.155 e. The first-order valence-corrected chi connectivity index (χ1v) is 6.41. The predicted molar refractivity (Wildman–Crippen MR) is 67.3 cm³/mol. The van der Waals surface area contributed by atoms with Crippen molar-refractivity contribution in [2.45, 2.75) is 44.6 Å². The summed E-state index contributed by atoms with van der Waals surface area (Å²) in [5.41, 5.74) is 0. The summed E-state index contributed by atoms with van der Waals surface area (Å²) in [7, 11) is 1.92. The van der Waals surface area contributed by atoms with E-state index < -0.39 is 0 Å². The van der Waals surface area contributed by atoms with Gasteiger partial charge in [-0.25, -0.2) is 9.97 Å². The third kappa shape index (κ3) is 3.40. The lowest BCUT2D eigenvalue weighted by Crippen LogP contribution is -2.28. The lowest BCUT2D eigenvalue weighted by atomic mass is 10.1. The average Bonchev–Trinajstić information content (AvgIpc) is 2.90. The fourth-order valence-corrected chi connectivity index (χ4v) is 2.10. The smallest absolute Gasteiger partial charge is 0.155 e. The van der Waals surface area contributed by atoms with Crippen molar-refractivity contribution < 1.29 is 4.74 Å². The van der Waals surface area contributed by atoms with Crippen molar-refractivity contribution in [1.82, 2.24) is 15.3 Å². The van der Waals surface area contributed by atoms with Crippen molar-refractivity contribution in [3.8, 4) is 5.75 Å². The highest BCUT2D eigenvalue weighted by atomic mass is 16.5. The molecule has 0 radical (unpaired) electrons. The van der Waals surface area contributed by atoms with Crippen LogP contribution in [0.25, 0.3) is 0 Å². The highest BCUT2D eigenvalue weighted by Gasteiger charge is 2.19. The quantitative estimate of drug-likeness (QED) is 0.849. The van der Waals surface area contributed by atoms with Crippen LogP contribution in [0.5, 0.6) is 5.75 Å². The number of rotatable bonds is 5. The molecule has 2 rings (SSSR count). The minimum Gasteiger partial charge on any atom is -0.489 e. The molecular weight excluding hydrogens is 214 g/mol. The highest BCUT2D eigenvalue weighted by Crippen LogP contribution is 2.31. The van der Waals surface area contributed by atoms with Crippen LogP contribution in [-0.2, 0) is 0 Å². The number of hydrogen-bond acceptors (Lipinski definition) is 4. The van der Waals surface area contributed by atoms with Crippen molar-refractivity contribution in [2.75, 3.05) is 13.7 Å². The van der Waals surface area contributed by atoms with Crippen molar-refractivity contribution in [3.05, 3.63) is 18.2 Å². The van der Waals surface area contributed by atoms with E-state index in [0.717, 1.165) is 11.6 Å². The molecule has 94 valence electrons. The Morgan fingerprint density at radius 1 is 1.35 bits per heavy atom. The van der Waals surface area contributed by atoms with Crippen molar-refractivity contribution >= 4 is 0 Å². The Balaban J connectivity index is 1.88. The molecule has 1 aliphatic rings. The van der Waals surface area contributed by atoms with Gasteiger partial charge in [-0.05, 0) is 26.8 Å². The SMILES string of the molecule is CNC(C)COc1cnc(C2CCCC2)nc1. The number of ether oxygens (including phenoxy) is 1. The van der Waals surface area contributed by atoms with Gasteiger partial charge in [0.05, 0.1) is 12.4 Å². The number of nitrogens with zero attached hydrogens (tertiary/aromatic N) is 2. The van der Waals surface area contributed by atoms with Crippen molar-refractivity contribution in [1.29, 1.82) is 0 Å². The van der Waals surface area contributed by atoms with Gasteiger partial charge in [-0.3, -0.25) is 0 Å². The first kappa shape index (κ1) is 12.3. The molecule has 0 saturated heterocycles. The molecule has 4 heteroatoms. The summed E-state index contributed by atoms with van der Waals surface area (Å²) >= 11 is 0. The topological polar surface area (TPSA) is 47.0 Å². The molecule has 1 unspecified atom stereocenters. The predicted octanol–water partition coefficient (Wildman–Crippen LogP) is 2.12. The van der Waals surface area contributed by atoms with E-state index in [-0.39, 0.29) is 0 Å². The molecule has 1 N–H and O–H groups in total. The summed E-state index contributed by atoms with van der Waals surface area (Å²) in [6.45, 7) is 2.72. The van der Waals surface area contributed by atoms with Crippen LogP contribution < -0.4 is 10.1 Å². The van der Waals surface area contributed by atoms with E-state index in [1.54, 1.807) is 12.4 Å². The molecule has 0 bridgehead atoms. The zero-order chi connectivity index (χ0) is 12.1. The van der Waals surface area contributed by atoms with Gasteiger partial charge >= 0.3 is 0 Å². The molecule has 1 aromatic rings. The van der Waals surface area contributed by atoms with Gasteiger partial charge < -0.3 is 10.1 Å². The minimum absolute atomic E-state index is 0.338. The zero-order valence-electron chi connectivity index (χ0n) is 10.6. The molecule has 0 aromatic carbocycles. The molecule has 1 heterocycles. The Hall–Kier alpha value is -1.16. The molecule has 1 fully saturated rings. The molecule has 1 saturated carbocycles. The van der Waals surface area contributed by atoms with Gasteiger partial charge in [-0.2, -0.15) is 0 Å². The lowest BCUT2D eigenvalue weighted by Gasteiger charge is -2.12. The molecule has 0 amide bonds. The van der Waals surface area contributed by atoms with Crippen LogP contribution in [0, 0.1) is 0 Å². The van der Waals surface area contributed by atoms with E-state index in [4.69, 9.17) is 4.74 Å². The third-order valence-electron chi connectivity index (χ3n) is 3.36. The van der Waals surface area contributed by atoms with Gasteiger partial charge in [-0.1, -0.05) is 12.8 Å². The zero-order valence-corrected chi connectivity index (χ0v) is 10.6. The Kier molecular flexibility index (Phi) is 4.31. The second-order valence-corrected chi connectivity index (χ2v) is 4.76. The van der Waals surface area contributed by atoms with Gasteiger partial charge in [0.25, 0.3) is 0 Å². The van der Waals surface area contributed by atoms with Gasteiger partial charge in [0, 0.05) is 12.0 Å². The molecule has 1 atom stereocenters. The maximum atomic E-state index is 5.59. The molecular formula is C13H21N3O. The highest BCUT2D eigenvalue weighted by molar-refractivity contribution is 5.14. The van der Waals surface area contributed by atoms with E-state index in [1.807, 2.05) is 7.05 Å². The summed E-state index contributed by atoms with van der Waals surface area (Å²) < 4.78 is 5.59. The van der Waals surface area contributed by atoms with Crippen LogP contribution in [0.4, 0.5) is 0 Å². The van der Waals surface area contributed by atoms with Gasteiger partial charge in [-0.15, -0.1) is 0 Å². The number of likely N-dealkylation sites (N-methyl/N-ethyl adjacent to an activating group) is 1. The van der Waals surface area contributed by atoms with E-state index in [2.05, 4.69) is 22.2 Å². The Labute approximate surface area is 103 Å². The largest absolute Gasteiger partial charge is 0.489 e. The van der Waals surface area contributed by atoms with Gasteiger partial charge in [0.1, 0.15) is 12.4 Å². The fraction of sp³-hybridized carbons (Fsp3) is 0.692. The second kappa shape index (κ2) is 5.96. The molecule has 0 spiro atoms. The molecule has 1 aromatic heterocycles. The third-order valence-corrected chi connectivity index (χ3v) is 3.36. The summed E-state index contributed by atoms with van der Waals surface area (Å²) in [5, 5.41) is 3.13. The van der Waals surface area contributed by atoms with Crippen molar-refractivity contribution in [3.63, 3.8) is 0 Å². The Morgan fingerprint density at radius 3 is 2.59 bits per heavy atom. The van der Waals surface area contributed by atoms with E-state index in [9.17, 15) is 0 Å². The van der Waals surface area contributed by atoms with E-state index in [0.29, 0.717) is 18.6 Å². The fourth-order valence-electron chi connectivity index (χ4n) is 2.10. The number of hydrogen-bond donors (Lipinski definition) is 1. The summed E-state index contributed by atoms with van der Waals surface area (Å²) in [6.07, 6.45) is 8.68. The number of aromatic nitrogens is 2. The lowest BCUT2D eigenvalue weighted by molar-refractivity contribution is 0.277. The van der Waals surface area contributed by atoms with Crippen LogP contribution in [-0.4, -0.2) is 29.7 Å². The van der Waals surface area contributed by atoms with Crippen LogP contribution >= 0.6 is 0 Å². The molecule has 0 aliphatic heterocycles. The van der Waals surface area contributed by atoms with E-state index in [1.165, 1.54) is 25.7 Å². The summed E-state index contributed by atoms with van der Waals surface area (Å²) in [4.78, 5) is 8.82. The first-order valence-electron chi connectivity index (χ1n) is 6.41. The monoisotopic (exact) mass is 235 g/mol. The van der Waals surface area contributed by atoms with Crippen LogP contribution in [0.15, 0.2) is 12.4 Å². The normalized spacial score (nSPS) is 18.2. The van der Waals surface area contributed by atoms with Gasteiger partial charge in [0.2, 0.25) is 0 Å². The standard InChI is InChI=1S/C13H21N3O/c1-10(14-2)9-17-12-7-15-13(16-8-12)11-5-3-4-6-11/h7-8,10-11,14H,3-6,9H2,1-2H3. The molecule has 17 heavy (non-hydrogen) atoms. The van der Waals surface area contributed by atoms with Crippen LogP contribution in [0.2, 0.25) is 0 Å². The number of nitrogens with one attached hydrogen (secondary N) is 1. The molecule has 4 nitrogen and oxygen atoms in total. The average molecular weight is 235 g/mol. The van der Waals surface area contributed by atoms with E-state index >= 15 is 0 Å².